The summed E-state index contributed by atoms with van der Waals surface area (Å²) in [6.45, 7) is 5.45. The van der Waals surface area contributed by atoms with Crippen molar-refractivity contribution in [3.8, 4) is 0 Å². The van der Waals surface area contributed by atoms with Gasteiger partial charge in [-0.1, -0.05) is 38.9 Å². The molecule has 0 aromatic carbocycles. The maximum Gasteiger partial charge on any atom is 0.126 e. The van der Waals surface area contributed by atoms with Crippen molar-refractivity contribution in [3.63, 3.8) is 0 Å². The second-order valence-electron chi connectivity index (χ2n) is 4.61. The smallest absolute Gasteiger partial charge is 0.126 e. The lowest BCUT2D eigenvalue weighted by molar-refractivity contribution is 0.544. The van der Waals surface area contributed by atoms with Gasteiger partial charge in [-0.05, 0) is 24.5 Å². The van der Waals surface area contributed by atoms with Gasteiger partial charge in [0.05, 0.1) is 0 Å². The molecule has 1 rings (SSSR count). The minimum atomic E-state index is 0.412. The van der Waals surface area contributed by atoms with Crippen LogP contribution in [-0.2, 0) is 0 Å². The fourth-order valence-electron chi connectivity index (χ4n) is 1.57. The lowest BCUT2D eigenvalue weighted by Crippen LogP contribution is -2.11. The summed E-state index contributed by atoms with van der Waals surface area (Å²) in [4.78, 5) is 4.64. The minimum Gasteiger partial charge on any atom is -0.389 e. The number of hydrogen-bond acceptors (Lipinski definition) is 3. The minimum absolute atomic E-state index is 0.412. The normalized spacial score (nSPS) is 10.5. The van der Waals surface area contributed by atoms with Gasteiger partial charge in [-0.3, -0.25) is 0 Å². The van der Waals surface area contributed by atoms with Gasteiger partial charge in [-0.25, -0.2) is 4.98 Å². The number of unbranched alkanes of at least 4 members (excludes halogenated alkanes) is 1. The zero-order chi connectivity index (χ0) is 12.7. The van der Waals surface area contributed by atoms with Crippen molar-refractivity contribution in [1.82, 2.24) is 4.98 Å². The third kappa shape index (κ3) is 5.63. The van der Waals surface area contributed by atoms with E-state index in [4.69, 9.17) is 18.0 Å². The highest BCUT2D eigenvalue weighted by atomic mass is 32.1. The Labute approximate surface area is 109 Å². The summed E-state index contributed by atoms with van der Waals surface area (Å²) < 4.78 is 0. The molecule has 0 aliphatic carbocycles. The lowest BCUT2D eigenvalue weighted by Gasteiger charge is -2.07. The number of nitrogens with one attached hydrogen (secondary N) is 1. The molecule has 94 valence electrons. The molecular weight excluding hydrogens is 230 g/mol. The molecule has 3 N–H and O–H groups in total. The first-order valence-corrected chi connectivity index (χ1v) is 6.50. The molecule has 4 heteroatoms. The quantitative estimate of drug-likeness (QED) is 0.578. The van der Waals surface area contributed by atoms with Crippen LogP contribution in [0, 0.1) is 5.92 Å². The number of nitrogens with two attached hydrogens (primary N) is 1. The van der Waals surface area contributed by atoms with Crippen LogP contribution in [0.2, 0.25) is 0 Å². The number of hydrogen-bond donors (Lipinski definition) is 2. The molecule has 0 unspecified atom stereocenters. The molecular formula is C13H21N3S. The molecule has 17 heavy (non-hydrogen) atoms. The summed E-state index contributed by atoms with van der Waals surface area (Å²) in [6.07, 6.45) is 5.42. The largest absolute Gasteiger partial charge is 0.389 e. The SMILES string of the molecule is CC(C)CCCCNc1cc(C(N)=S)ccn1. The third-order valence-electron chi connectivity index (χ3n) is 2.56. The molecule has 0 spiro atoms. The number of pyridine rings is 1. The average Bonchev–Trinajstić information content (AvgIpc) is 2.28. The Morgan fingerprint density at radius 3 is 2.88 bits per heavy atom. The maximum absolute atomic E-state index is 5.57. The van der Waals surface area contributed by atoms with Crippen LogP contribution in [0.5, 0.6) is 0 Å². The molecule has 0 aliphatic rings. The first kappa shape index (κ1) is 13.9. The van der Waals surface area contributed by atoms with Gasteiger partial charge in [0.1, 0.15) is 10.8 Å². The van der Waals surface area contributed by atoms with Crippen LogP contribution in [0.4, 0.5) is 5.82 Å². The molecule has 0 atom stereocenters. The standard InChI is InChI=1S/C13H21N3S/c1-10(2)5-3-4-7-15-12-9-11(13(14)17)6-8-16-12/h6,8-10H,3-5,7H2,1-2H3,(H2,14,17)(H,15,16). The van der Waals surface area contributed by atoms with Crippen molar-refractivity contribution in [3.05, 3.63) is 23.9 Å². The zero-order valence-electron chi connectivity index (χ0n) is 10.6. The molecule has 0 fully saturated rings. The number of anilines is 1. The Bertz CT molecular complexity index is 363. The fraction of sp³-hybridized carbons (Fsp3) is 0.538. The molecule has 0 aliphatic heterocycles. The highest BCUT2D eigenvalue weighted by Crippen LogP contribution is 2.09. The van der Waals surface area contributed by atoms with Crippen molar-refractivity contribution in [2.45, 2.75) is 33.1 Å². The van der Waals surface area contributed by atoms with Crippen LogP contribution in [0.25, 0.3) is 0 Å². The van der Waals surface area contributed by atoms with E-state index in [1.807, 2.05) is 12.1 Å². The molecule has 0 radical (unpaired) electrons. The van der Waals surface area contributed by atoms with E-state index in [1.54, 1.807) is 6.20 Å². The topological polar surface area (TPSA) is 50.9 Å². The predicted molar refractivity (Wildman–Crippen MR) is 77.3 cm³/mol. The first-order valence-electron chi connectivity index (χ1n) is 6.09. The van der Waals surface area contributed by atoms with E-state index in [-0.39, 0.29) is 0 Å². The molecule has 0 saturated heterocycles. The number of aromatic nitrogens is 1. The van der Waals surface area contributed by atoms with Crippen LogP contribution in [0.3, 0.4) is 0 Å². The van der Waals surface area contributed by atoms with E-state index < -0.39 is 0 Å². The van der Waals surface area contributed by atoms with Gasteiger partial charge in [0.2, 0.25) is 0 Å². The summed E-state index contributed by atoms with van der Waals surface area (Å²) in [5.41, 5.74) is 6.43. The Kier molecular flexibility index (Phi) is 5.91. The highest BCUT2D eigenvalue weighted by Gasteiger charge is 1.99. The van der Waals surface area contributed by atoms with Gasteiger partial charge in [0, 0.05) is 18.3 Å². The van der Waals surface area contributed by atoms with Crippen molar-refractivity contribution >= 4 is 23.0 Å². The van der Waals surface area contributed by atoms with E-state index in [0.29, 0.717) is 4.99 Å². The Balaban J connectivity index is 2.31. The first-order chi connectivity index (χ1) is 8.09. The van der Waals surface area contributed by atoms with Crippen LogP contribution < -0.4 is 11.1 Å². The lowest BCUT2D eigenvalue weighted by atomic mass is 10.1. The second-order valence-corrected chi connectivity index (χ2v) is 5.05. The molecule has 0 saturated carbocycles. The number of nitrogens with zero attached hydrogens (tertiary/aromatic N) is 1. The van der Waals surface area contributed by atoms with Gasteiger partial charge in [-0.15, -0.1) is 0 Å². The highest BCUT2D eigenvalue weighted by molar-refractivity contribution is 7.80. The van der Waals surface area contributed by atoms with Gasteiger partial charge in [0.15, 0.2) is 0 Å². The van der Waals surface area contributed by atoms with Crippen molar-refractivity contribution in [2.75, 3.05) is 11.9 Å². The molecule has 0 amide bonds. The summed E-state index contributed by atoms with van der Waals surface area (Å²) in [6, 6.07) is 3.72. The summed E-state index contributed by atoms with van der Waals surface area (Å²) in [5.74, 6) is 1.63. The van der Waals surface area contributed by atoms with Gasteiger partial charge >= 0.3 is 0 Å². The van der Waals surface area contributed by atoms with E-state index in [9.17, 15) is 0 Å². The molecule has 0 bridgehead atoms. The molecule has 1 aromatic rings. The predicted octanol–water partition coefficient (Wildman–Crippen LogP) is 2.95. The van der Waals surface area contributed by atoms with E-state index in [2.05, 4.69) is 24.1 Å². The van der Waals surface area contributed by atoms with E-state index in [0.717, 1.165) is 30.3 Å². The molecule has 1 heterocycles. The molecule has 3 nitrogen and oxygen atoms in total. The van der Waals surface area contributed by atoms with Gasteiger partial charge in [-0.2, -0.15) is 0 Å². The zero-order valence-corrected chi connectivity index (χ0v) is 11.4. The number of thiocarbonyl (C=S) groups is 1. The van der Waals surface area contributed by atoms with Crippen molar-refractivity contribution < 1.29 is 0 Å². The van der Waals surface area contributed by atoms with Crippen LogP contribution in [-0.4, -0.2) is 16.5 Å². The average molecular weight is 251 g/mol. The fourth-order valence-corrected chi connectivity index (χ4v) is 1.70. The Morgan fingerprint density at radius 1 is 1.47 bits per heavy atom. The Morgan fingerprint density at radius 2 is 2.24 bits per heavy atom. The molecule has 1 aromatic heterocycles. The monoisotopic (exact) mass is 251 g/mol. The van der Waals surface area contributed by atoms with Crippen LogP contribution >= 0.6 is 12.2 Å². The van der Waals surface area contributed by atoms with Crippen molar-refractivity contribution in [2.24, 2.45) is 11.7 Å². The Hall–Kier alpha value is -1.16. The van der Waals surface area contributed by atoms with E-state index >= 15 is 0 Å². The van der Waals surface area contributed by atoms with Crippen molar-refractivity contribution in [1.29, 1.82) is 0 Å². The van der Waals surface area contributed by atoms with E-state index in [1.165, 1.54) is 12.8 Å². The van der Waals surface area contributed by atoms with Gasteiger partial charge < -0.3 is 11.1 Å². The maximum atomic E-state index is 5.57. The van der Waals surface area contributed by atoms with Crippen LogP contribution in [0.1, 0.15) is 38.7 Å². The van der Waals surface area contributed by atoms with Gasteiger partial charge in [0.25, 0.3) is 0 Å². The summed E-state index contributed by atoms with van der Waals surface area (Å²) >= 11 is 4.93. The summed E-state index contributed by atoms with van der Waals surface area (Å²) in [5, 5.41) is 3.29. The number of rotatable bonds is 7. The second kappa shape index (κ2) is 7.22. The third-order valence-corrected chi connectivity index (χ3v) is 2.79. The summed E-state index contributed by atoms with van der Waals surface area (Å²) in [7, 11) is 0. The van der Waals surface area contributed by atoms with Crippen LogP contribution in [0.15, 0.2) is 18.3 Å².